The van der Waals surface area contributed by atoms with Crippen LogP contribution in [0.3, 0.4) is 0 Å². The van der Waals surface area contributed by atoms with Crippen LogP contribution in [0, 0.1) is 5.82 Å². The molecule has 0 atom stereocenters. The first-order valence-corrected chi connectivity index (χ1v) is 4.25. The summed E-state index contributed by atoms with van der Waals surface area (Å²) in [6.45, 7) is 3.02. The first-order valence-electron chi connectivity index (χ1n) is 4.25. The van der Waals surface area contributed by atoms with Crippen molar-refractivity contribution in [3.05, 3.63) is 22.5 Å². The van der Waals surface area contributed by atoms with E-state index in [-0.39, 0.29) is 12.4 Å². The largest absolute Gasteiger partial charge is 0.381 e. The Bertz CT molecular complexity index is 364. The molecule has 6 heteroatoms. The molecule has 0 fully saturated rings. The molecule has 0 bridgehead atoms. The van der Waals surface area contributed by atoms with Crippen molar-refractivity contribution in [2.75, 3.05) is 18.9 Å². The van der Waals surface area contributed by atoms with Gasteiger partial charge in [-0.3, -0.25) is 4.57 Å². The summed E-state index contributed by atoms with van der Waals surface area (Å²) < 4.78 is 19.0. The Kier molecular flexibility index (Phi) is 3.58. The van der Waals surface area contributed by atoms with Crippen LogP contribution in [0.2, 0.25) is 0 Å². The minimum Gasteiger partial charge on any atom is -0.381 e. The lowest BCUT2D eigenvalue weighted by molar-refractivity contribution is 0.137. The zero-order valence-corrected chi connectivity index (χ0v) is 7.86. The van der Waals surface area contributed by atoms with Gasteiger partial charge in [-0.2, -0.15) is 4.98 Å². The molecule has 0 aliphatic carbocycles. The van der Waals surface area contributed by atoms with Crippen molar-refractivity contribution in [2.45, 2.75) is 13.5 Å². The molecule has 0 aliphatic heterocycles. The van der Waals surface area contributed by atoms with Gasteiger partial charge < -0.3 is 10.5 Å². The second-order valence-corrected chi connectivity index (χ2v) is 2.65. The van der Waals surface area contributed by atoms with Gasteiger partial charge in [-0.15, -0.1) is 0 Å². The Morgan fingerprint density at radius 3 is 3.07 bits per heavy atom. The number of halogens is 1. The standard InChI is InChI=1S/C8H12FN3O2/c1-2-14-4-3-12-5-6(9)7(10)11-8(12)13/h5H,2-4H2,1H3,(H2,10,11,13). The number of hydrogen-bond donors (Lipinski definition) is 1. The molecule has 1 aromatic rings. The van der Waals surface area contributed by atoms with Crippen LogP contribution in [0.5, 0.6) is 0 Å². The Morgan fingerprint density at radius 1 is 1.71 bits per heavy atom. The Balaban J connectivity index is 2.77. The van der Waals surface area contributed by atoms with Crippen molar-refractivity contribution in [2.24, 2.45) is 0 Å². The third-order valence-corrected chi connectivity index (χ3v) is 1.66. The van der Waals surface area contributed by atoms with E-state index in [4.69, 9.17) is 10.5 Å². The highest BCUT2D eigenvalue weighted by atomic mass is 19.1. The maximum Gasteiger partial charge on any atom is 0.349 e. The summed E-state index contributed by atoms with van der Waals surface area (Å²) in [5, 5.41) is 0. The molecule has 5 nitrogen and oxygen atoms in total. The number of anilines is 1. The zero-order valence-electron chi connectivity index (χ0n) is 7.86. The van der Waals surface area contributed by atoms with Gasteiger partial charge in [0.05, 0.1) is 13.2 Å². The number of ether oxygens (including phenoxy) is 1. The minimum atomic E-state index is -0.693. The highest BCUT2D eigenvalue weighted by molar-refractivity contribution is 5.26. The van der Waals surface area contributed by atoms with Gasteiger partial charge >= 0.3 is 5.69 Å². The predicted molar refractivity (Wildman–Crippen MR) is 49.4 cm³/mol. The Morgan fingerprint density at radius 2 is 2.43 bits per heavy atom. The number of aromatic nitrogens is 2. The number of nitrogens with two attached hydrogens (primary N) is 1. The minimum absolute atomic E-state index is 0.275. The molecule has 0 aromatic carbocycles. The van der Waals surface area contributed by atoms with E-state index in [9.17, 15) is 9.18 Å². The SMILES string of the molecule is CCOCCn1cc(F)c(N)nc1=O. The van der Waals surface area contributed by atoms with Gasteiger partial charge in [0.25, 0.3) is 0 Å². The van der Waals surface area contributed by atoms with E-state index in [1.54, 1.807) is 0 Å². The molecule has 1 rings (SSSR count). The highest BCUT2D eigenvalue weighted by Crippen LogP contribution is 2.00. The lowest BCUT2D eigenvalue weighted by Crippen LogP contribution is -2.26. The number of nitrogens with zero attached hydrogens (tertiary/aromatic N) is 2. The van der Waals surface area contributed by atoms with E-state index in [2.05, 4.69) is 4.98 Å². The van der Waals surface area contributed by atoms with Crippen LogP contribution in [-0.4, -0.2) is 22.8 Å². The lowest BCUT2D eigenvalue weighted by atomic mass is 10.5. The van der Waals surface area contributed by atoms with E-state index in [1.165, 1.54) is 0 Å². The number of nitrogen functional groups attached to an aromatic ring is 1. The van der Waals surface area contributed by atoms with Crippen molar-refractivity contribution in [1.29, 1.82) is 0 Å². The summed E-state index contributed by atoms with van der Waals surface area (Å²) >= 11 is 0. The lowest BCUT2D eigenvalue weighted by Gasteiger charge is -2.05. The van der Waals surface area contributed by atoms with Gasteiger partial charge in [0.2, 0.25) is 0 Å². The average Bonchev–Trinajstić information content (AvgIpc) is 2.14. The molecule has 0 spiro atoms. The normalized spacial score (nSPS) is 10.4. The first-order chi connectivity index (χ1) is 6.65. The Hall–Kier alpha value is -1.43. The smallest absolute Gasteiger partial charge is 0.349 e. The molecule has 0 radical (unpaired) electrons. The van der Waals surface area contributed by atoms with E-state index >= 15 is 0 Å². The molecule has 0 amide bonds. The van der Waals surface area contributed by atoms with Crippen molar-refractivity contribution < 1.29 is 9.13 Å². The van der Waals surface area contributed by atoms with E-state index in [0.717, 1.165) is 10.8 Å². The van der Waals surface area contributed by atoms with E-state index in [1.807, 2.05) is 6.92 Å². The molecule has 1 aromatic heterocycles. The van der Waals surface area contributed by atoms with Crippen LogP contribution in [-0.2, 0) is 11.3 Å². The van der Waals surface area contributed by atoms with Gasteiger partial charge in [-0.25, -0.2) is 9.18 Å². The maximum absolute atomic E-state index is 12.9. The molecule has 0 aliphatic rings. The molecule has 2 N–H and O–H groups in total. The molecule has 78 valence electrons. The van der Waals surface area contributed by atoms with Crippen molar-refractivity contribution in [3.8, 4) is 0 Å². The fourth-order valence-electron chi connectivity index (χ4n) is 0.946. The number of hydrogen-bond acceptors (Lipinski definition) is 4. The van der Waals surface area contributed by atoms with Gasteiger partial charge in [0, 0.05) is 12.8 Å². The first kappa shape index (κ1) is 10.6. The average molecular weight is 201 g/mol. The van der Waals surface area contributed by atoms with Gasteiger partial charge in [0.15, 0.2) is 11.6 Å². The summed E-state index contributed by atoms with van der Waals surface area (Å²) in [5.74, 6) is -1.07. The molecule has 1 heterocycles. The van der Waals surface area contributed by atoms with E-state index < -0.39 is 11.5 Å². The quantitative estimate of drug-likeness (QED) is 0.696. The summed E-state index contributed by atoms with van der Waals surface area (Å²) in [6.07, 6.45) is 1.03. The fourth-order valence-corrected chi connectivity index (χ4v) is 0.946. The second kappa shape index (κ2) is 4.71. The number of rotatable bonds is 4. The van der Waals surface area contributed by atoms with Crippen LogP contribution in [0.15, 0.2) is 11.0 Å². The summed E-state index contributed by atoms with van der Waals surface area (Å²) in [5.41, 5.74) is 4.55. The molecule has 14 heavy (non-hydrogen) atoms. The molecular weight excluding hydrogens is 189 g/mol. The zero-order chi connectivity index (χ0) is 10.6. The van der Waals surface area contributed by atoms with Crippen LogP contribution < -0.4 is 11.4 Å². The second-order valence-electron chi connectivity index (χ2n) is 2.65. The van der Waals surface area contributed by atoms with Crippen LogP contribution >= 0.6 is 0 Å². The van der Waals surface area contributed by atoms with Crippen LogP contribution in [0.25, 0.3) is 0 Å². The highest BCUT2D eigenvalue weighted by Gasteiger charge is 2.04. The molecular formula is C8H12FN3O2. The molecule has 0 saturated heterocycles. The third kappa shape index (κ3) is 2.53. The summed E-state index contributed by atoms with van der Waals surface area (Å²) in [7, 11) is 0. The third-order valence-electron chi connectivity index (χ3n) is 1.66. The Labute approximate surface area is 80.3 Å². The van der Waals surface area contributed by atoms with Crippen LogP contribution in [0.4, 0.5) is 10.2 Å². The summed E-state index contributed by atoms with van der Waals surface area (Å²) in [4.78, 5) is 14.4. The predicted octanol–water partition coefficient (Wildman–Crippen LogP) is 0.00110. The van der Waals surface area contributed by atoms with Crippen molar-refractivity contribution >= 4 is 5.82 Å². The van der Waals surface area contributed by atoms with Gasteiger partial charge in [-0.05, 0) is 6.92 Å². The van der Waals surface area contributed by atoms with Crippen LogP contribution in [0.1, 0.15) is 6.92 Å². The monoisotopic (exact) mass is 201 g/mol. The molecule has 0 saturated carbocycles. The summed E-state index contributed by atoms with van der Waals surface area (Å²) in [6, 6.07) is 0. The fraction of sp³-hybridized carbons (Fsp3) is 0.500. The van der Waals surface area contributed by atoms with Crippen molar-refractivity contribution in [1.82, 2.24) is 9.55 Å². The van der Waals surface area contributed by atoms with Crippen molar-refractivity contribution in [3.63, 3.8) is 0 Å². The van der Waals surface area contributed by atoms with Gasteiger partial charge in [-0.1, -0.05) is 0 Å². The topological polar surface area (TPSA) is 70.1 Å². The van der Waals surface area contributed by atoms with E-state index in [0.29, 0.717) is 13.2 Å². The van der Waals surface area contributed by atoms with Gasteiger partial charge in [0.1, 0.15) is 0 Å². The maximum atomic E-state index is 12.9. The molecule has 0 unspecified atom stereocenters.